The molecule has 114 valence electrons. The van der Waals surface area contributed by atoms with E-state index in [1.54, 1.807) is 18.2 Å². The average molecular weight is 306 g/mol. The van der Waals surface area contributed by atoms with Crippen LogP contribution < -0.4 is 5.32 Å². The summed E-state index contributed by atoms with van der Waals surface area (Å²) in [6, 6.07) is 15.7. The molecule has 0 aliphatic carbocycles. The lowest BCUT2D eigenvalue weighted by Crippen LogP contribution is -2.60. The molecule has 3 nitrogen and oxygen atoms in total. The van der Waals surface area contributed by atoms with Gasteiger partial charge in [-0.2, -0.15) is 5.26 Å². The Labute approximate surface area is 134 Å². The molecule has 23 heavy (non-hydrogen) atoms. The standard InChI is InChI=1S/C19H15FN2O/c20-16-4-2-1-3-14(16)8-5-13-6-9-15(10-7-13)19-17(11-21)22-18(19)12-23/h1-4,6-7,9-10,17-19,22-23H,12H2/t17-,18-,19-/m1/s1. The van der Waals surface area contributed by atoms with Crippen molar-refractivity contribution >= 4 is 0 Å². The molecule has 1 saturated heterocycles. The molecule has 2 aromatic rings. The van der Waals surface area contributed by atoms with Crippen LogP contribution in [0.25, 0.3) is 0 Å². The van der Waals surface area contributed by atoms with E-state index in [4.69, 9.17) is 5.26 Å². The first-order chi connectivity index (χ1) is 11.2. The normalized spacial score (nSPS) is 22.4. The van der Waals surface area contributed by atoms with Gasteiger partial charge in [-0.1, -0.05) is 36.1 Å². The predicted octanol–water partition coefficient (Wildman–Crippen LogP) is 2.17. The molecule has 1 fully saturated rings. The van der Waals surface area contributed by atoms with Crippen molar-refractivity contribution in [3.8, 4) is 17.9 Å². The van der Waals surface area contributed by atoms with Gasteiger partial charge in [0.15, 0.2) is 0 Å². The molecule has 0 amide bonds. The molecule has 0 spiro atoms. The number of nitrogens with zero attached hydrogens (tertiary/aromatic N) is 1. The van der Waals surface area contributed by atoms with Crippen molar-refractivity contribution < 1.29 is 9.50 Å². The Morgan fingerprint density at radius 3 is 2.48 bits per heavy atom. The number of aliphatic hydroxyl groups excluding tert-OH is 1. The minimum absolute atomic E-state index is 0.00229. The lowest BCUT2D eigenvalue weighted by Gasteiger charge is -2.41. The molecule has 2 aromatic carbocycles. The smallest absolute Gasteiger partial charge is 0.138 e. The van der Waals surface area contributed by atoms with Gasteiger partial charge in [-0.05, 0) is 29.8 Å². The number of aliphatic hydroxyl groups is 1. The van der Waals surface area contributed by atoms with Crippen LogP contribution in [0.1, 0.15) is 22.6 Å². The summed E-state index contributed by atoms with van der Waals surface area (Å²) in [6.45, 7) is -0.00229. The SMILES string of the molecule is N#C[C@H]1N[C@H](CO)[C@@H]1c1ccc(C#Cc2ccccc2F)cc1. The molecular weight excluding hydrogens is 291 g/mol. The van der Waals surface area contributed by atoms with E-state index in [-0.39, 0.29) is 30.4 Å². The largest absolute Gasteiger partial charge is 0.395 e. The van der Waals surface area contributed by atoms with E-state index in [1.165, 1.54) is 6.07 Å². The van der Waals surface area contributed by atoms with Crippen LogP contribution in [-0.4, -0.2) is 23.8 Å². The molecule has 2 N–H and O–H groups in total. The molecule has 0 bridgehead atoms. The average Bonchev–Trinajstić information content (AvgIpc) is 2.55. The zero-order valence-corrected chi connectivity index (χ0v) is 12.3. The van der Waals surface area contributed by atoms with Crippen LogP contribution in [0.4, 0.5) is 4.39 Å². The van der Waals surface area contributed by atoms with Crippen LogP contribution in [0.15, 0.2) is 48.5 Å². The Hall–Kier alpha value is -2.66. The fraction of sp³-hybridized carbons (Fsp3) is 0.211. The van der Waals surface area contributed by atoms with Gasteiger partial charge in [0.25, 0.3) is 0 Å². The van der Waals surface area contributed by atoms with Gasteiger partial charge in [-0.25, -0.2) is 4.39 Å². The highest BCUT2D eigenvalue weighted by atomic mass is 19.1. The van der Waals surface area contributed by atoms with E-state index in [9.17, 15) is 9.50 Å². The number of nitrogens with one attached hydrogen (secondary N) is 1. The first-order valence-corrected chi connectivity index (χ1v) is 7.36. The Morgan fingerprint density at radius 1 is 1.09 bits per heavy atom. The van der Waals surface area contributed by atoms with Gasteiger partial charge in [0.1, 0.15) is 11.9 Å². The van der Waals surface area contributed by atoms with Crippen LogP contribution in [-0.2, 0) is 0 Å². The third-order valence-corrected chi connectivity index (χ3v) is 4.03. The quantitative estimate of drug-likeness (QED) is 0.836. The maximum atomic E-state index is 13.5. The first-order valence-electron chi connectivity index (χ1n) is 7.36. The van der Waals surface area contributed by atoms with E-state index in [0.29, 0.717) is 5.56 Å². The Kier molecular flexibility index (Phi) is 4.39. The highest BCUT2D eigenvalue weighted by Gasteiger charge is 2.40. The van der Waals surface area contributed by atoms with Gasteiger partial charge >= 0.3 is 0 Å². The molecule has 0 unspecified atom stereocenters. The number of halogens is 1. The Bertz CT molecular complexity index is 799. The number of hydrogen-bond donors (Lipinski definition) is 2. The zero-order chi connectivity index (χ0) is 16.2. The first kappa shape index (κ1) is 15.2. The maximum absolute atomic E-state index is 13.5. The van der Waals surface area contributed by atoms with E-state index in [2.05, 4.69) is 23.2 Å². The molecule has 1 aliphatic heterocycles. The fourth-order valence-corrected chi connectivity index (χ4v) is 2.75. The second-order valence-corrected chi connectivity index (χ2v) is 5.44. The molecular formula is C19H15FN2O. The molecule has 1 heterocycles. The number of rotatable bonds is 2. The van der Waals surface area contributed by atoms with E-state index in [0.717, 1.165) is 11.1 Å². The number of benzene rings is 2. The molecule has 0 radical (unpaired) electrons. The summed E-state index contributed by atoms with van der Waals surface area (Å²) in [6.07, 6.45) is 0. The summed E-state index contributed by atoms with van der Waals surface area (Å²) in [5.74, 6) is 5.40. The highest BCUT2D eigenvalue weighted by Crippen LogP contribution is 2.31. The van der Waals surface area contributed by atoms with Crippen molar-refractivity contribution in [3.63, 3.8) is 0 Å². The van der Waals surface area contributed by atoms with Crippen molar-refractivity contribution in [2.24, 2.45) is 0 Å². The predicted molar refractivity (Wildman–Crippen MR) is 85.0 cm³/mol. The van der Waals surface area contributed by atoms with Crippen LogP contribution in [0.5, 0.6) is 0 Å². The minimum atomic E-state index is -0.334. The third kappa shape index (κ3) is 3.10. The monoisotopic (exact) mass is 306 g/mol. The van der Waals surface area contributed by atoms with Crippen molar-refractivity contribution in [1.82, 2.24) is 5.32 Å². The van der Waals surface area contributed by atoms with Crippen molar-refractivity contribution in [2.75, 3.05) is 6.61 Å². The lowest BCUT2D eigenvalue weighted by molar-refractivity contribution is 0.151. The van der Waals surface area contributed by atoms with Gasteiger partial charge < -0.3 is 5.11 Å². The maximum Gasteiger partial charge on any atom is 0.138 e. The van der Waals surface area contributed by atoms with Crippen LogP contribution in [0.2, 0.25) is 0 Å². The van der Waals surface area contributed by atoms with Crippen molar-refractivity contribution in [2.45, 2.75) is 18.0 Å². The van der Waals surface area contributed by atoms with Gasteiger partial charge in [-0.15, -0.1) is 0 Å². The summed E-state index contributed by atoms with van der Waals surface area (Å²) >= 11 is 0. The minimum Gasteiger partial charge on any atom is -0.395 e. The summed E-state index contributed by atoms with van der Waals surface area (Å²) in [7, 11) is 0. The second-order valence-electron chi connectivity index (χ2n) is 5.44. The number of nitriles is 1. The molecule has 3 atom stereocenters. The van der Waals surface area contributed by atoms with Gasteiger partial charge in [-0.3, -0.25) is 5.32 Å². The van der Waals surface area contributed by atoms with Crippen LogP contribution in [0.3, 0.4) is 0 Å². The topological polar surface area (TPSA) is 56.0 Å². The number of hydrogen-bond acceptors (Lipinski definition) is 3. The zero-order valence-electron chi connectivity index (χ0n) is 12.3. The summed E-state index contributed by atoms with van der Waals surface area (Å²) in [4.78, 5) is 0. The highest BCUT2D eigenvalue weighted by molar-refractivity contribution is 5.45. The van der Waals surface area contributed by atoms with Crippen LogP contribution >= 0.6 is 0 Å². The van der Waals surface area contributed by atoms with E-state index in [1.807, 2.05) is 24.3 Å². The van der Waals surface area contributed by atoms with Crippen molar-refractivity contribution in [3.05, 3.63) is 71.0 Å². The van der Waals surface area contributed by atoms with E-state index < -0.39 is 0 Å². The fourth-order valence-electron chi connectivity index (χ4n) is 2.75. The molecule has 3 rings (SSSR count). The lowest BCUT2D eigenvalue weighted by atomic mass is 9.78. The molecule has 0 aromatic heterocycles. The molecule has 0 saturated carbocycles. The Balaban J connectivity index is 1.78. The van der Waals surface area contributed by atoms with Gasteiger partial charge in [0.2, 0.25) is 0 Å². The second kappa shape index (κ2) is 6.62. The summed E-state index contributed by atoms with van der Waals surface area (Å²) in [5, 5.41) is 21.4. The molecule has 1 aliphatic rings. The Morgan fingerprint density at radius 2 is 1.83 bits per heavy atom. The van der Waals surface area contributed by atoms with E-state index >= 15 is 0 Å². The summed E-state index contributed by atoms with van der Waals surface area (Å²) < 4.78 is 13.5. The van der Waals surface area contributed by atoms with Gasteiger partial charge in [0, 0.05) is 17.5 Å². The van der Waals surface area contributed by atoms with Gasteiger partial charge in [0.05, 0.1) is 18.2 Å². The third-order valence-electron chi connectivity index (χ3n) is 4.03. The molecule has 4 heteroatoms. The van der Waals surface area contributed by atoms with Crippen molar-refractivity contribution in [1.29, 1.82) is 5.26 Å². The summed E-state index contributed by atoms with van der Waals surface area (Å²) in [5.41, 5.74) is 2.13. The van der Waals surface area contributed by atoms with Crippen LogP contribution in [0, 0.1) is 29.0 Å².